The highest BCUT2D eigenvalue weighted by Gasteiger charge is 2.29. The summed E-state index contributed by atoms with van der Waals surface area (Å²) in [5, 5.41) is 2.82. The molecule has 0 radical (unpaired) electrons. The Hall–Kier alpha value is -2.31. The molecule has 114 valence electrons. The minimum Gasteiger partial charge on any atom is -0.462 e. The summed E-state index contributed by atoms with van der Waals surface area (Å²) in [7, 11) is 1.69. The molecule has 3 N–H and O–H groups in total. The van der Waals surface area contributed by atoms with Crippen LogP contribution in [-0.2, 0) is 9.53 Å². The van der Waals surface area contributed by atoms with Crippen LogP contribution in [0.2, 0.25) is 0 Å². The molecular formula is C14H18FN3O3. The quantitative estimate of drug-likeness (QED) is 0.644. The standard InChI is InChI=1S/C14H18FN3O3/c1-3-21-14(20)8-6-12(9(15)7-10(8)16)17-11-4-5-18(2)13(11)19/h6-7,11,17H,3-5,16H2,1-2H3. The van der Waals surface area contributed by atoms with Crippen molar-refractivity contribution in [2.24, 2.45) is 0 Å². The van der Waals surface area contributed by atoms with Crippen LogP contribution in [0.25, 0.3) is 0 Å². The van der Waals surface area contributed by atoms with Crippen LogP contribution in [0, 0.1) is 5.82 Å². The van der Waals surface area contributed by atoms with Crippen molar-refractivity contribution in [1.29, 1.82) is 0 Å². The van der Waals surface area contributed by atoms with Gasteiger partial charge in [-0.1, -0.05) is 0 Å². The van der Waals surface area contributed by atoms with Crippen LogP contribution in [0.5, 0.6) is 0 Å². The van der Waals surface area contributed by atoms with E-state index in [1.165, 1.54) is 6.07 Å². The number of ether oxygens (including phenoxy) is 1. The van der Waals surface area contributed by atoms with Crippen molar-refractivity contribution in [2.45, 2.75) is 19.4 Å². The van der Waals surface area contributed by atoms with Gasteiger partial charge in [0, 0.05) is 19.3 Å². The Labute approximate surface area is 122 Å². The van der Waals surface area contributed by atoms with Gasteiger partial charge in [-0.25, -0.2) is 9.18 Å². The van der Waals surface area contributed by atoms with Gasteiger partial charge in [0.25, 0.3) is 0 Å². The van der Waals surface area contributed by atoms with Gasteiger partial charge in [0.2, 0.25) is 5.91 Å². The summed E-state index contributed by atoms with van der Waals surface area (Å²) in [5.41, 5.74) is 5.79. The molecule has 0 spiro atoms. The van der Waals surface area contributed by atoms with E-state index in [2.05, 4.69) is 5.32 Å². The number of nitrogens with two attached hydrogens (primary N) is 1. The fourth-order valence-corrected chi connectivity index (χ4v) is 2.23. The number of hydrogen-bond donors (Lipinski definition) is 2. The number of halogens is 1. The van der Waals surface area contributed by atoms with E-state index < -0.39 is 17.8 Å². The van der Waals surface area contributed by atoms with E-state index in [1.54, 1.807) is 18.9 Å². The van der Waals surface area contributed by atoms with Crippen molar-refractivity contribution in [1.82, 2.24) is 4.90 Å². The van der Waals surface area contributed by atoms with Gasteiger partial charge in [-0.3, -0.25) is 4.79 Å². The molecule has 0 bridgehead atoms. The molecule has 0 aromatic heterocycles. The van der Waals surface area contributed by atoms with Crippen molar-refractivity contribution in [3.63, 3.8) is 0 Å². The van der Waals surface area contributed by atoms with E-state index in [4.69, 9.17) is 10.5 Å². The number of esters is 1. The van der Waals surface area contributed by atoms with Crippen LogP contribution in [0.4, 0.5) is 15.8 Å². The summed E-state index contributed by atoms with van der Waals surface area (Å²) in [4.78, 5) is 25.2. The normalized spacial score (nSPS) is 18.0. The maximum Gasteiger partial charge on any atom is 0.340 e. The summed E-state index contributed by atoms with van der Waals surface area (Å²) in [6, 6.07) is 1.84. The summed E-state index contributed by atoms with van der Waals surface area (Å²) < 4.78 is 18.8. The van der Waals surface area contributed by atoms with Gasteiger partial charge in [0.15, 0.2) is 0 Å². The van der Waals surface area contributed by atoms with Crippen LogP contribution in [0.15, 0.2) is 12.1 Å². The summed E-state index contributed by atoms with van der Waals surface area (Å²) in [6.45, 7) is 2.48. The maximum atomic E-state index is 13.9. The molecule has 1 aromatic rings. The highest BCUT2D eigenvalue weighted by Crippen LogP contribution is 2.25. The van der Waals surface area contributed by atoms with E-state index in [0.29, 0.717) is 13.0 Å². The van der Waals surface area contributed by atoms with Crippen molar-refractivity contribution < 1.29 is 18.7 Å². The van der Waals surface area contributed by atoms with E-state index >= 15 is 0 Å². The Morgan fingerprint density at radius 2 is 2.29 bits per heavy atom. The lowest BCUT2D eigenvalue weighted by Crippen LogP contribution is -2.31. The number of carbonyl (C=O) groups excluding carboxylic acids is 2. The Balaban J connectivity index is 2.25. The van der Waals surface area contributed by atoms with Crippen molar-refractivity contribution >= 4 is 23.3 Å². The number of amides is 1. The average molecular weight is 295 g/mol. The first-order valence-electron chi connectivity index (χ1n) is 6.71. The number of rotatable bonds is 4. The fourth-order valence-electron chi connectivity index (χ4n) is 2.23. The minimum absolute atomic E-state index is 0.00589. The fraction of sp³-hybridized carbons (Fsp3) is 0.429. The van der Waals surface area contributed by atoms with E-state index in [1.807, 2.05) is 0 Å². The summed E-state index contributed by atoms with van der Waals surface area (Å²) in [6.07, 6.45) is 0.577. The zero-order chi connectivity index (χ0) is 15.6. The predicted octanol–water partition coefficient (Wildman–Crippen LogP) is 1.23. The largest absolute Gasteiger partial charge is 0.462 e. The molecule has 1 aromatic carbocycles. The lowest BCUT2D eigenvalue weighted by Gasteiger charge is -2.15. The van der Waals surface area contributed by atoms with Gasteiger partial charge in [0.1, 0.15) is 11.9 Å². The number of carbonyl (C=O) groups is 2. The molecule has 7 heteroatoms. The zero-order valence-corrected chi connectivity index (χ0v) is 12.0. The van der Waals surface area contributed by atoms with Crippen LogP contribution < -0.4 is 11.1 Å². The zero-order valence-electron chi connectivity index (χ0n) is 12.0. The predicted molar refractivity (Wildman–Crippen MR) is 76.4 cm³/mol. The molecule has 1 amide bonds. The number of nitrogens with one attached hydrogen (secondary N) is 1. The molecule has 0 saturated carbocycles. The third-order valence-electron chi connectivity index (χ3n) is 3.39. The number of nitrogen functional groups attached to an aromatic ring is 1. The first-order chi connectivity index (χ1) is 9.93. The lowest BCUT2D eigenvalue weighted by molar-refractivity contribution is -0.127. The van der Waals surface area contributed by atoms with Gasteiger partial charge in [-0.05, 0) is 25.5 Å². The minimum atomic E-state index is -0.618. The molecule has 1 unspecified atom stereocenters. The van der Waals surface area contributed by atoms with Crippen LogP contribution in [0.1, 0.15) is 23.7 Å². The Bertz CT molecular complexity index is 577. The molecule has 1 heterocycles. The molecular weight excluding hydrogens is 277 g/mol. The first-order valence-corrected chi connectivity index (χ1v) is 6.71. The monoisotopic (exact) mass is 295 g/mol. The van der Waals surface area contributed by atoms with Gasteiger partial charge in [-0.2, -0.15) is 0 Å². The second-order valence-corrected chi connectivity index (χ2v) is 4.89. The van der Waals surface area contributed by atoms with E-state index in [-0.39, 0.29) is 29.5 Å². The Morgan fingerprint density at radius 3 is 2.86 bits per heavy atom. The molecule has 1 fully saturated rings. The van der Waals surface area contributed by atoms with E-state index in [0.717, 1.165) is 6.07 Å². The van der Waals surface area contributed by atoms with Gasteiger partial charge in [0.05, 0.1) is 17.9 Å². The maximum absolute atomic E-state index is 13.9. The molecule has 6 nitrogen and oxygen atoms in total. The van der Waals surface area contributed by atoms with Crippen LogP contribution in [-0.4, -0.2) is 43.0 Å². The molecule has 0 aliphatic carbocycles. The Morgan fingerprint density at radius 1 is 1.57 bits per heavy atom. The third kappa shape index (κ3) is 3.07. The summed E-state index contributed by atoms with van der Waals surface area (Å²) >= 11 is 0. The molecule has 1 saturated heterocycles. The Kier molecular flexibility index (Phi) is 4.30. The van der Waals surface area contributed by atoms with E-state index in [9.17, 15) is 14.0 Å². The highest BCUT2D eigenvalue weighted by atomic mass is 19.1. The second kappa shape index (κ2) is 5.99. The van der Waals surface area contributed by atoms with Crippen molar-refractivity contribution in [2.75, 3.05) is 31.2 Å². The molecule has 1 atom stereocenters. The van der Waals surface area contributed by atoms with Gasteiger partial charge >= 0.3 is 5.97 Å². The van der Waals surface area contributed by atoms with Crippen molar-refractivity contribution in [3.05, 3.63) is 23.5 Å². The second-order valence-electron chi connectivity index (χ2n) is 4.89. The number of likely N-dealkylation sites (tertiary alicyclic amines) is 1. The lowest BCUT2D eigenvalue weighted by atomic mass is 10.1. The average Bonchev–Trinajstić information content (AvgIpc) is 2.74. The topological polar surface area (TPSA) is 84.7 Å². The number of anilines is 2. The SMILES string of the molecule is CCOC(=O)c1cc(NC2CCN(C)C2=O)c(F)cc1N. The number of hydrogen-bond acceptors (Lipinski definition) is 5. The van der Waals surface area contributed by atoms with Gasteiger partial charge < -0.3 is 20.7 Å². The molecule has 1 aliphatic heterocycles. The van der Waals surface area contributed by atoms with Gasteiger partial charge in [-0.15, -0.1) is 0 Å². The first kappa shape index (κ1) is 15.1. The van der Waals surface area contributed by atoms with Crippen molar-refractivity contribution in [3.8, 4) is 0 Å². The molecule has 1 aliphatic rings. The molecule has 21 heavy (non-hydrogen) atoms. The number of likely N-dealkylation sites (N-methyl/N-ethyl adjacent to an activating group) is 1. The molecule has 2 rings (SSSR count). The summed E-state index contributed by atoms with van der Waals surface area (Å²) in [5.74, 6) is -1.33. The smallest absolute Gasteiger partial charge is 0.340 e. The highest BCUT2D eigenvalue weighted by molar-refractivity contribution is 5.96. The third-order valence-corrected chi connectivity index (χ3v) is 3.39. The number of nitrogens with zero attached hydrogens (tertiary/aromatic N) is 1. The van der Waals surface area contributed by atoms with Crippen LogP contribution in [0.3, 0.4) is 0 Å². The van der Waals surface area contributed by atoms with Crippen LogP contribution >= 0.6 is 0 Å². The number of benzene rings is 1.